The Balaban J connectivity index is 2.18. The molecule has 1 rings (SSSR count). The highest BCUT2D eigenvalue weighted by atomic mass is 14.1. The van der Waals surface area contributed by atoms with Crippen LogP contribution in [0.25, 0.3) is 0 Å². The third kappa shape index (κ3) is 0.675. The summed E-state index contributed by atoms with van der Waals surface area (Å²) in [5.41, 5.74) is 0. The van der Waals surface area contributed by atoms with Gasteiger partial charge < -0.3 is 0 Å². The minimum atomic E-state index is 0.991. The van der Waals surface area contributed by atoms with E-state index in [0.717, 1.165) is 5.92 Å². The number of rotatable bonds is 0. The zero-order valence-corrected chi connectivity index (χ0v) is 4.28. The Morgan fingerprint density at radius 1 is 1.67 bits per heavy atom. The Morgan fingerprint density at radius 2 is 2.50 bits per heavy atom. The van der Waals surface area contributed by atoms with Gasteiger partial charge in [-0.25, -0.2) is 0 Å². The van der Waals surface area contributed by atoms with Crippen LogP contribution in [0.5, 0.6) is 0 Å². The minimum absolute atomic E-state index is 0.991. The van der Waals surface area contributed by atoms with E-state index >= 15 is 0 Å². The predicted octanol–water partition coefficient (Wildman–Crippen LogP) is 2.01. The second kappa shape index (κ2) is 1.55. The van der Waals surface area contributed by atoms with Gasteiger partial charge in [0, 0.05) is 5.92 Å². The van der Waals surface area contributed by atoms with Gasteiger partial charge in [0.2, 0.25) is 0 Å². The van der Waals surface area contributed by atoms with E-state index in [2.05, 4.69) is 13.3 Å². The molecule has 1 unspecified atom stereocenters. The molecular weight excluding hydrogens is 72.1 g/mol. The maximum atomic E-state index is 2.38. The molecule has 0 heterocycles. The fourth-order valence-electron chi connectivity index (χ4n) is 0.923. The maximum absolute atomic E-state index is 2.38. The van der Waals surface area contributed by atoms with E-state index < -0.39 is 0 Å². The molecule has 0 heteroatoms. The largest absolute Gasteiger partial charge is 0.0902 e. The highest BCUT2D eigenvalue weighted by Crippen LogP contribution is 2.21. The minimum Gasteiger partial charge on any atom is -0.0583 e. The molecule has 0 N–H and O–H groups in total. The summed E-state index contributed by atoms with van der Waals surface area (Å²) < 4.78 is 0. The summed E-state index contributed by atoms with van der Waals surface area (Å²) in [6, 6.07) is 0. The van der Waals surface area contributed by atoms with Crippen LogP contribution in [0.4, 0.5) is 0 Å². The van der Waals surface area contributed by atoms with Crippen molar-refractivity contribution < 1.29 is 0 Å². The Labute approximate surface area is 39.6 Å². The molecule has 1 aliphatic carbocycles. The Morgan fingerprint density at radius 3 is 2.67 bits per heavy atom. The van der Waals surface area contributed by atoms with Crippen LogP contribution in [-0.4, -0.2) is 0 Å². The van der Waals surface area contributed by atoms with Crippen LogP contribution in [-0.2, 0) is 0 Å². The van der Waals surface area contributed by atoms with Gasteiger partial charge in [-0.2, -0.15) is 0 Å². The first-order chi connectivity index (χ1) is 2.89. The van der Waals surface area contributed by atoms with Crippen LogP contribution < -0.4 is 0 Å². The van der Waals surface area contributed by atoms with Crippen LogP contribution in [0, 0.1) is 12.3 Å². The first-order valence-corrected chi connectivity index (χ1v) is 2.71. The lowest BCUT2D eigenvalue weighted by atomic mass is 10.2. The summed E-state index contributed by atoms with van der Waals surface area (Å²) in [6.45, 7) is 2.31. The monoisotopic (exact) mass is 83.1 g/mol. The molecule has 0 aliphatic heterocycles. The molecule has 0 nitrogen and oxygen atoms in total. The van der Waals surface area contributed by atoms with E-state index in [1.807, 2.05) is 0 Å². The van der Waals surface area contributed by atoms with Gasteiger partial charge in [0.1, 0.15) is 0 Å². The standard InChI is InChI=1S/C6H11/c1-6-4-2-3-5-6/h2,6H,3-5H2,1H3/q+1. The SMILES string of the molecule is CC1C[CH+]CC1. The van der Waals surface area contributed by atoms with Crippen molar-refractivity contribution in [2.75, 3.05) is 0 Å². The Bertz CT molecular complexity index is 33.3. The van der Waals surface area contributed by atoms with Crippen molar-refractivity contribution in [1.29, 1.82) is 0 Å². The number of hydrogen-bond donors (Lipinski definition) is 0. The molecule has 1 fully saturated rings. The van der Waals surface area contributed by atoms with Crippen molar-refractivity contribution in [3.05, 3.63) is 6.42 Å². The normalized spacial score (nSPS) is 33.2. The van der Waals surface area contributed by atoms with Gasteiger partial charge in [0.15, 0.2) is 0 Å². The zero-order valence-electron chi connectivity index (χ0n) is 4.28. The Kier molecular flexibility index (Phi) is 1.04. The van der Waals surface area contributed by atoms with Crippen molar-refractivity contribution in [3.8, 4) is 0 Å². The summed E-state index contributed by atoms with van der Waals surface area (Å²) >= 11 is 0. The van der Waals surface area contributed by atoms with E-state index in [-0.39, 0.29) is 0 Å². The van der Waals surface area contributed by atoms with Crippen LogP contribution in [0.1, 0.15) is 26.2 Å². The van der Waals surface area contributed by atoms with Gasteiger partial charge in [-0.3, -0.25) is 0 Å². The molecule has 0 aromatic carbocycles. The van der Waals surface area contributed by atoms with Crippen LogP contribution in [0.15, 0.2) is 0 Å². The zero-order chi connectivity index (χ0) is 4.41. The fraction of sp³-hybridized carbons (Fsp3) is 0.833. The fourth-order valence-corrected chi connectivity index (χ4v) is 0.923. The highest BCUT2D eigenvalue weighted by Gasteiger charge is 2.16. The van der Waals surface area contributed by atoms with E-state index in [1.165, 1.54) is 19.3 Å². The summed E-state index contributed by atoms with van der Waals surface area (Å²) in [5, 5.41) is 0. The molecule has 1 saturated carbocycles. The molecule has 0 radical (unpaired) electrons. The van der Waals surface area contributed by atoms with E-state index in [1.54, 1.807) is 0 Å². The molecule has 0 bridgehead atoms. The van der Waals surface area contributed by atoms with Crippen molar-refractivity contribution in [2.24, 2.45) is 5.92 Å². The van der Waals surface area contributed by atoms with Gasteiger partial charge in [-0.05, 0) is 6.42 Å². The third-order valence-corrected chi connectivity index (χ3v) is 1.43. The van der Waals surface area contributed by atoms with E-state index in [9.17, 15) is 0 Å². The molecule has 6 heavy (non-hydrogen) atoms. The van der Waals surface area contributed by atoms with E-state index in [4.69, 9.17) is 0 Å². The molecule has 0 spiro atoms. The summed E-state index contributed by atoms with van der Waals surface area (Å²) in [6.07, 6.45) is 6.53. The smallest absolute Gasteiger partial charge is 0.0583 e. The topological polar surface area (TPSA) is 0 Å². The predicted molar refractivity (Wildman–Crippen MR) is 27.3 cm³/mol. The average Bonchev–Trinajstić information content (AvgIpc) is 1.86. The van der Waals surface area contributed by atoms with Gasteiger partial charge in [-0.1, -0.05) is 6.92 Å². The maximum Gasteiger partial charge on any atom is 0.0902 e. The quantitative estimate of drug-likeness (QED) is 0.393. The van der Waals surface area contributed by atoms with Crippen molar-refractivity contribution in [1.82, 2.24) is 0 Å². The summed E-state index contributed by atoms with van der Waals surface area (Å²) in [5.74, 6) is 0.991. The molecule has 0 aromatic rings. The molecule has 0 amide bonds. The van der Waals surface area contributed by atoms with Crippen LogP contribution in [0.3, 0.4) is 0 Å². The second-order valence-corrected chi connectivity index (χ2v) is 2.21. The van der Waals surface area contributed by atoms with Crippen molar-refractivity contribution >= 4 is 0 Å². The lowest BCUT2D eigenvalue weighted by Crippen LogP contribution is -1.78. The summed E-state index contributed by atoms with van der Waals surface area (Å²) in [4.78, 5) is 0. The first-order valence-electron chi connectivity index (χ1n) is 2.71. The van der Waals surface area contributed by atoms with Crippen molar-refractivity contribution in [2.45, 2.75) is 26.2 Å². The van der Waals surface area contributed by atoms with Gasteiger partial charge >= 0.3 is 0 Å². The van der Waals surface area contributed by atoms with Crippen LogP contribution >= 0.6 is 0 Å². The molecular formula is C6H11+. The first kappa shape index (κ1) is 4.04. The summed E-state index contributed by atoms with van der Waals surface area (Å²) in [7, 11) is 0. The lowest BCUT2D eigenvalue weighted by Gasteiger charge is -1.85. The highest BCUT2D eigenvalue weighted by molar-refractivity contribution is 4.77. The van der Waals surface area contributed by atoms with Gasteiger partial charge in [-0.15, -0.1) is 0 Å². The van der Waals surface area contributed by atoms with Crippen molar-refractivity contribution in [3.63, 3.8) is 0 Å². The second-order valence-electron chi connectivity index (χ2n) is 2.21. The average molecular weight is 83.2 g/mol. The molecule has 0 aromatic heterocycles. The number of hydrogen-bond acceptors (Lipinski definition) is 0. The molecule has 1 aliphatic rings. The molecule has 0 saturated heterocycles. The van der Waals surface area contributed by atoms with Gasteiger partial charge in [0.25, 0.3) is 0 Å². The lowest BCUT2D eigenvalue weighted by molar-refractivity contribution is 0.620. The van der Waals surface area contributed by atoms with Gasteiger partial charge in [0.05, 0.1) is 19.3 Å². The third-order valence-electron chi connectivity index (χ3n) is 1.43. The van der Waals surface area contributed by atoms with Crippen LogP contribution in [0.2, 0.25) is 0 Å². The molecule has 1 atom stereocenters. The van der Waals surface area contributed by atoms with E-state index in [0.29, 0.717) is 0 Å². The molecule has 34 valence electrons. The Hall–Kier alpha value is -0.130.